The number of anilines is 1. The van der Waals surface area contributed by atoms with E-state index in [1.807, 2.05) is 0 Å². The topological polar surface area (TPSA) is 42.0 Å². The molecule has 0 saturated carbocycles. The molecule has 0 aliphatic rings. The quantitative estimate of drug-likeness (QED) is 0.860. The zero-order chi connectivity index (χ0) is 14.0. The molecule has 0 spiro atoms. The molecule has 0 aliphatic heterocycles. The van der Waals surface area contributed by atoms with Crippen LogP contribution in [0.15, 0.2) is 30.3 Å². The summed E-state index contributed by atoms with van der Waals surface area (Å²) in [6, 6.07) is 5.00. The van der Waals surface area contributed by atoms with E-state index in [1.165, 1.54) is 12.1 Å². The first-order valence-corrected chi connectivity index (χ1v) is 5.43. The molecular formula is C12H6ClF3N2O. The summed E-state index contributed by atoms with van der Waals surface area (Å²) in [7, 11) is 0. The first kappa shape index (κ1) is 13.4. The normalized spacial score (nSPS) is 10.3. The number of nitrogens with one attached hydrogen (secondary N) is 1. The predicted molar refractivity (Wildman–Crippen MR) is 63.5 cm³/mol. The molecule has 0 atom stereocenters. The molecule has 1 heterocycles. The molecule has 3 nitrogen and oxygen atoms in total. The summed E-state index contributed by atoms with van der Waals surface area (Å²) in [6.45, 7) is 0. The lowest BCUT2D eigenvalue weighted by atomic mass is 10.2. The Morgan fingerprint density at radius 1 is 1.21 bits per heavy atom. The van der Waals surface area contributed by atoms with E-state index in [0.717, 1.165) is 12.1 Å². The number of benzene rings is 1. The van der Waals surface area contributed by atoms with Gasteiger partial charge in [-0.3, -0.25) is 4.79 Å². The van der Waals surface area contributed by atoms with Gasteiger partial charge >= 0.3 is 0 Å². The minimum atomic E-state index is -1.03. The van der Waals surface area contributed by atoms with Crippen molar-refractivity contribution in [3.63, 3.8) is 0 Å². The van der Waals surface area contributed by atoms with Crippen LogP contribution in [0.2, 0.25) is 5.02 Å². The van der Waals surface area contributed by atoms with Gasteiger partial charge in [-0.2, -0.15) is 4.39 Å². The fourth-order valence-electron chi connectivity index (χ4n) is 1.37. The van der Waals surface area contributed by atoms with Gasteiger partial charge in [0.1, 0.15) is 11.5 Å². The van der Waals surface area contributed by atoms with Gasteiger partial charge in [0.05, 0.1) is 10.7 Å². The summed E-state index contributed by atoms with van der Waals surface area (Å²) in [4.78, 5) is 15.0. The van der Waals surface area contributed by atoms with Crippen LogP contribution in [0.25, 0.3) is 0 Å². The fourth-order valence-corrected chi connectivity index (χ4v) is 1.62. The highest BCUT2D eigenvalue weighted by molar-refractivity contribution is 6.33. The lowest BCUT2D eigenvalue weighted by Gasteiger charge is -2.08. The average Bonchev–Trinajstić information content (AvgIpc) is 2.33. The van der Waals surface area contributed by atoms with Crippen LogP contribution in [-0.2, 0) is 0 Å². The standard InChI is InChI=1S/C12H6ClF3N2O/c13-7-4-6(14)5-8(15)11(7)18-12(19)9-2-1-3-10(16)17-9/h1-5H,(H,18,19). The number of rotatable bonds is 2. The second kappa shape index (κ2) is 5.27. The molecule has 1 amide bonds. The summed E-state index contributed by atoms with van der Waals surface area (Å²) in [5.41, 5.74) is -0.640. The molecule has 0 fully saturated rings. The molecule has 0 saturated heterocycles. The van der Waals surface area contributed by atoms with E-state index in [2.05, 4.69) is 10.3 Å². The number of hydrogen-bond acceptors (Lipinski definition) is 2. The monoisotopic (exact) mass is 286 g/mol. The first-order chi connectivity index (χ1) is 8.97. The summed E-state index contributed by atoms with van der Waals surface area (Å²) < 4.78 is 39.1. The van der Waals surface area contributed by atoms with Crippen molar-refractivity contribution in [1.29, 1.82) is 0 Å². The lowest BCUT2D eigenvalue weighted by molar-refractivity contribution is 0.102. The fraction of sp³-hybridized carbons (Fsp3) is 0. The van der Waals surface area contributed by atoms with Crippen LogP contribution < -0.4 is 5.32 Å². The molecule has 0 bridgehead atoms. The van der Waals surface area contributed by atoms with Crippen molar-refractivity contribution < 1.29 is 18.0 Å². The van der Waals surface area contributed by atoms with E-state index in [1.54, 1.807) is 0 Å². The van der Waals surface area contributed by atoms with Gasteiger partial charge < -0.3 is 5.32 Å². The molecule has 0 radical (unpaired) electrons. The van der Waals surface area contributed by atoms with Crippen LogP contribution in [0.5, 0.6) is 0 Å². The van der Waals surface area contributed by atoms with Gasteiger partial charge in [0.2, 0.25) is 5.95 Å². The lowest BCUT2D eigenvalue weighted by Crippen LogP contribution is -2.15. The highest BCUT2D eigenvalue weighted by atomic mass is 35.5. The molecule has 1 aromatic carbocycles. The number of carbonyl (C=O) groups excluding carboxylic acids is 1. The van der Waals surface area contributed by atoms with Gasteiger partial charge in [-0.25, -0.2) is 13.8 Å². The molecule has 7 heteroatoms. The number of halogens is 4. The number of amides is 1. The van der Waals surface area contributed by atoms with Crippen molar-refractivity contribution in [2.24, 2.45) is 0 Å². The Labute approximate surface area is 111 Å². The molecule has 19 heavy (non-hydrogen) atoms. The van der Waals surface area contributed by atoms with Gasteiger partial charge in [0.15, 0.2) is 5.82 Å². The van der Waals surface area contributed by atoms with Crippen LogP contribution >= 0.6 is 11.6 Å². The largest absolute Gasteiger partial charge is 0.317 e. The third-order valence-electron chi connectivity index (χ3n) is 2.19. The maximum absolute atomic E-state index is 13.4. The Hall–Kier alpha value is -2.08. The highest BCUT2D eigenvalue weighted by Gasteiger charge is 2.15. The highest BCUT2D eigenvalue weighted by Crippen LogP contribution is 2.26. The Morgan fingerprint density at radius 3 is 2.58 bits per heavy atom. The van der Waals surface area contributed by atoms with Gasteiger partial charge in [0, 0.05) is 6.07 Å². The van der Waals surface area contributed by atoms with Crippen LogP contribution in [0.4, 0.5) is 18.9 Å². The van der Waals surface area contributed by atoms with E-state index in [-0.39, 0.29) is 16.4 Å². The van der Waals surface area contributed by atoms with Crippen molar-refractivity contribution in [3.8, 4) is 0 Å². The molecule has 2 rings (SSSR count). The van der Waals surface area contributed by atoms with E-state index in [9.17, 15) is 18.0 Å². The van der Waals surface area contributed by atoms with E-state index >= 15 is 0 Å². The first-order valence-electron chi connectivity index (χ1n) is 5.06. The average molecular weight is 287 g/mol. The maximum atomic E-state index is 13.4. The molecule has 0 unspecified atom stereocenters. The molecule has 1 aromatic heterocycles. The van der Waals surface area contributed by atoms with Gasteiger partial charge in [-0.1, -0.05) is 17.7 Å². The number of nitrogens with zero attached hydrogens (tertiary/aromatic N) is 1. The predicted octanol–water partition coefficient (Wildman–Crippen LogP) is 3.40. The Kier molecular flexibility index (Phi) is 3.71. The van der Waals surface area contributed by atoms with Crippen molar-refractivity contribution >= 4 is 23.2 Å². The van der Waals surface area contributed by atoms with Crippen LogP contribution in [-0.4, -0.2) is 10.9 Å². The second-order valence-electron chi connectivity index (χ2n) is 3.54. The summed E-state index contributed by atoms with van der Waals surface area (Å²) in [5.74, 6) is -3.61. The number of aromatic nitrogens is 1. The number of pyridine rings is 1. The van der Waals surface area contributed by atoms with Gasteiger partial charge in [0.25, 0.3) is 5.91 Å². The molecule has 1 N–H and O–H groups in total. The number of hydrogen-bond donors (Lipinski definition) is 1. The molecule has 0 aliphatic carbocycles. The third kappa shape index (κ3) is 3.03. The Morgan fingerprint density at radius 2 is 1.95 bits per heavy atom. The molecule has 2 aromatic rings. The van der Waals surface area contributed by atoms with E-state index in [4.69, 9.17) is 11.6 Å². The SMILES string of the molecule is O=C(Nc1c(F)cc(F)cc1Cl)c1cccc(F)n1. The minimum Gasteiger partial charge on any atom is -0.317 e. The van der Waals surface area contributed by atoms with Crippen molar-refractivity contribution in [3.05, 3.63) is 58.6 Å². The van der Waals surface area contributed by atoms with Crippen LogP contribution in [0.3, 0.4) is 0 Å². The second-order valence-corrected chi connectivity index (χ2v) is 3.95. The van der Waals surface area contributed by atoms with Gasteiger partial charge in [-0.15, -0.1) is 0 Å². The van der Waals surface area contributed by atoms with Crippen molar-refractivity contribution in [2.45, 2.75) is 0 Å². The third-order valence-corrected chi connectivity index (χ3v) is 2.49. The smallest absolute Gasteiger partial charge is 0.274 e. The molecule has 98 valence electrons. The molecular weight excluding hydrogens is 281 g/mol. The maximum Gasteiger partial charge on any atom is 0.274 e. The zero-order valence-corrected chi connectivity index (χ0v) is 10.0. The number of carbonyl (C=O) groups is 1. The Bertz CT molecular complexity index is 626. The summed E-state index contributed by atoms with van der Waals surface area (Å²) in [5, 5.41) is 1.80. The van der Waals surface area contributed by atoms with E-state index in [0.29, 0.717) is 6.07 Å². The minimum absolute atomic E-state index is 0.250. The van der Waals surface area contributed by atoms with Crippen LogP contribution in [0.1, 0.15) is 10.5 Å². The summed E-state index contributed by atoms with van der Waals surface area (Å²) >= 11 is 5.61. The zero-order valence-electron chi connectivity index (χ0n) is 9.25. The van der Waals surface area contributed by atoms with E-state index < -0.39 is 23.5 Å². The van der Waals surface area contributed by atoms with Crippen molar-refractivity contribution in [2.75, 3.05) is 5.32 Å². The Balaban J connectivity index is 2.29. The van der Waals surface area contributed by atoms with Crippen LogP contribution in [0, 0.1) is 17.6 Å². The summed E-state index contributed by atoms with van der Waals surface area (Å²) in [6.07, 6.45) is 0. The van der Waals surface area contributed by atoms with Crippen molar-refractivity contribution in [1.82, 2.24) is 4.98 Å². The van der Waals surface area contributed by atoms with Gasteiger partial charge in [-0.05, 0) is 18.2 Å².